The van der Waals surface area contributed by atoms with E-state index in [1.807, 2.05) is 30.3 Å². The average molecular weight is 306 g/mol. The molecule has 1 saturated carbocycles. The van der Waals surface area contributed by atoms with Crippen molar-refractivity contribution in [2.45, 2.75) is 31.9 Å². The van der Waals surface area contributed by atoms with Gasteiger partial charge >= 0.3 is 0 Å². The van der Waals surface area contributed by atoms with Crippen molar-refractivity contribution >= 4 is 17.5 Å². The van der Waals surface area contributed by atoms with Crippen molar-refractivity contribution in [3.63, 3.8) is 0 Å². The fraction of sp³-hybridized carbons (Fsp3) is 0.333. The standard InChI is InChI=1S/C15H16ClN3O2/c1-10(14(20)17-11-7-8-11)21-15-13(16)9-19(18-15)12-5-3-2-4-6-12/h2-6,9-11H,7-8H2,1H3,(H,17,20)/t10-/m1/s1. The van der Waals surface area contributed by atoms with E-state index < -0.39 is 6.10 Å². The van der Waals surface area contributed by atoms with Gasteiger partial charge < -0.3 is 10.1 Å². The van der Waals surface area contributed by atoms with Crippen LogP contribution in [0.4, 0.5) is 0 Å². The molecule has 1 heterocycles. The molecule has 1 aliphatic carbocycles. The molecule has 1 aromatic carbocycles. The zero-order chi connectivity index (χ0) is 14.8. The molecule has 0 spiro atoms. The lowest BCUT2D eigenvalue weighted by molar-refractivity contribution is -0.127. The van der Waals surface area contributed by atoms with Crippen LogP contribution in [0.1, 0.15) is 19.8 Å². The molecular formula is C15H16ClN3O2. The molecule has 0 radical (unpaired) electrons. The van der Waals surface area contributed by atoms with Gasteiger partial charge in [-0.15, -0.1) is 5.10 Å². The molecule has 0 bridgehead atoms. The lowest BCUT2D eigenvalue weighted by atomic mass is 10.3. The number of aromatic nitrogens is 2. The van der Waals surface area contributed by atoms with E-state index in [9.17, 15) is 4.79 Å². The van der Waals surface area contributed by atoms with E-state index in [4.69, 9.17) is 16.3 Å². The van der Waals surface area contributed by atoms with Crippen LogP contribution < -0.4 is 10.1 Å². The second-order valence-corrected chi connectivity index (χ2v) is 5.51. The Labute approximate surface area is 127 Å². The Hall–Kier alpha value is -2.01. The van der Waals surface area contributed by atoms with Crippen LogP contribution in [0.2, 0.25) is 5.02 Å². The lowest BCUT2D eigenvalue weighted by Crippen LogP contribution is -2.37. The van der Waals surface area contributed by atoms with Crippen molar-refractivity contribution in [3.8, 4) is 11.6 Å². The van der Waals surface area contributed by atoms with Gasteiger partial charge in [-0.1, -0.05) is 29.8 Å². The number of para-hydroxylation sites is 1. The van der Waals surface area contributed by atoms with Gasteiger partial charge in [-0.05, 0) is 31.9 Å². The molecule has 21 heavy (non-hydrogen) atoms. The maximum atomic E-state index is 11.9. The third kappa shape index (κ3) is 3.36. The van der Waals surface area contributed by atoms with Crippen LogP contribution in [0, 0.1) is 0 Å². The molecule has 0 saturated heterocycles. The van der Waals surface area contributed by atoms with E-state index in [2.05, 4.69) is 10.4 Å². The minimum atomic E-state index is -0.623. The lowest BCUT2D eigenvalue weighted by Gasteiger charge is -2.12. The molecule has 6 heteroatoms. The highest BCUT2D eigenvalue weighted by atomic mass is 35.5. The van der Waals surface area contributed by atoms with E-state index in [-0.39, 0.29) is 11.8 Å². The quantitative estimate of drug-likeness (QED) is 0.923. The van der Waals surface area contributed by atoms with Crippen LogP contribution in [0.5, 0.6) is 5.88 Å². The van der Waals surface area contributed by atoms with E-state index >= 15 is 0 Å². The third-order valence-corrected chi connectivity index (χ3v) is 3.50. The molecule has 1 amide bonds. The maximum Gasteiger partial charge on any atom is 0.261 e. The van der Waals surface area contributed by atoms with Crippen LogP contribution in [-0.2, 0) is 4.79 Å². The zero-order valence-electron chi connectivity index (χ0n) is 11.6. The highest BCUT2D eigenvalue weighted by Crippen LogP contribution is 2.25. The van der Waals surface area contributed by atoms with Gasteiger partial charge in [0.15, 0.2) is 6.10 Å². The molecule has 0 unspecified atom stereocenters. The predicted octanol–water partition coefficient (Wildman–Crippen LogP) is 2.57. The van der Waals surface area contributed by atoms with Crippen LogP contribution >= 0.6 is 11.6 Å². The summed E-state index contributed by atoms with van der Waals surface area (Å²) in [5.41, 5.74) is 0.879. The Morgan fingerprint density at radius 2 is 2.14 bits per heavy atom. The summed E-state index contributed by atoms with van der Waals surface area (Å²) in [6, 6.07) is 9.89. The highest BCUT2D eigenvalue weighted by molar-refractivity contribution is 6.31. The molecule has 1 N–H and O–H groups in total. The van der Waals surface area contributed by atoms with E-state index in [0.717, 1.165) is 18.5 Å². The van der Waals surface area contributed by atoms with E-state index in [1.54, 1.807) is 17.8 Å². The average Bonchev–Trinajstić information content (AvgIpc) is 3.23. The number of rotatable bonds is 5. The summed E-state index contributed by atoms with van der Waals surface area (Å²) in [6.07, 6.45) is 3.13. The van der Waals surface area contributed by atoms with Crippen molar-refractivity contribution in [2.24, 2.45) is 0 Å². The van der Waals surface area contributed by atoms with Gasteiger partial charge in [-0.2, -0.15) is 0 Å². The number of hydrogen-bond donors (Lipinski definition) is 1. The van der Waals surface area contributed by atoms with Crippen molar-refractivity contribution < 1.29 is 9.53 Å². The number of carbonyl (C=O) groups is 1. The van der Waals surface area contributed by atoms with Crippen LogP contribution in [-0.4, -0.2) is 27.8 Å². The normalized spacial score (nSPS) is 15.5. The highest BCUT2D eigenvalue weighted by Gasteiger charge is 2.27. The summed E-state index contributed by atoms with van der Waals surface area (Å²) < 4.78 is 7.19. The summed E-state index contributed by atoms with van der Waals surface area (Å²) in [6.45, 7) is 1.69. The van der Waals surface area contributed by atoms with Crippen LogP contribution in [0.15, 0.2) is 36.5 Å². The smallest absolute Gasteiger partial charge is 0.261 e. The number of ether oxygens (including phenoxy) is 1. The van der Waals surface area contributed by atoms with Gasteiger partial charge in [-0.25, -0.2) is 4.68 Å². The number of amides is 1. The van der Waals surface area contributed by atoms with E-state index in [0.29, 0.717) is 11.1 Å². The van der Waals surface area contributed by atoms with Crippen molar-refractivity contribution in [1.82, 2.24) is 15.1 Å². The van der Waals surface area contributed by atoms with Gasteiger partial charge in [0.1, 0.15) is 5.02 Å². The summed E-state index contributed by atoms with van der Waals surface area (Å²) >= 11 is 6.12. The van der Waals surface area contributed by atoms with Crippen molar-refractivity contribution in [3.05, 3.63) is 41.6 Å². The summed E-state index contributed by atoms with van der Waals surface area (Å²) in [5.74, 6) is 0.127. The van der Waals surface area contributed by atoms with Crippen molar-refractivity contribution in [2.75, 3.05) is 0 Å². The van der Waals surface area contributed by atoms with Crippen LogP contribution in [0.3, 0.4) is 0 Å². The van der Waals surface area contributed by atoms with Crippen molar-refractivity contribution in [1.29, 1.82) is 0 Å². The maximum absolute atomic E-state index is 11.9. The minimum absolute atomic E-state index is 0.136. The van der Waals surface area contributed by atoms with Gasteiger partial charge in [0.05, 0.1) is 11.9 Å². The number of halogens is 1. The third-order valence-electron chi connectivity index (χ3n) is 3.24. The first-order valence-electron chi connectivity index (χ1n) is 6.91. The number of carbonyl (C=O) groups excluding carboxylic acids is 1. The molecule has 1 atom stereocenters. The zero-order valence-corrected chi connectivity index (χ0v) is 12.4. The minimum Gasteiger partial charge on any atom is -0.462 e. The summed E-state index contributed by atoms with van der Waals surface area (Å²) in [5, 5.41) is 7.55. The first kappa shape index (κ1) is 13.9. The molecule has 5 nitrogen and oxygen atoms in total. The number of hydrogen-bond acceptors (Lipinski definition) is 3. The van der Waals surface area contributed by atoms with Crippen LogP contribution in [0.25, 0.3) is 5.69 Å². The first-order valence-corrected chi connectivity index (χ1v) is 7.29. The molecular weight excluding hydrogens is 290 g/mol. The SMILES string of the molecule is C[C@@H](Oc1nn(-c2ccccc2)cc1Cl)C(=O)NC1CC1. The second kappa shape index (κ2) is 5.77. The number of nitrogens with zero attached hydrogens (tertiary/aromatic N) is 2. The molecule has 0 aliphatic heterocycles. The van der Waals surface area contributed by atoms with E-state index in [1.165, 1.54) is 0 Å². The Balaban J connectivity index is 1.70. The van der Waals surface area contributed by atoms with Gasteiger partial charge in [0, 0.05) is 6.04 Å². The van der Waals surface area contributed by atoms with Gasteiger partial charge in [-0.3, -0.25) is 4.79 Å². The molecule has 3 rings (SSSR count). The fourth-order valence-corrected chi connectivity index (χ4v) is 2.07. The number of benzene rings is 1. The topological polar surface area (TPSA) is 56.2 Å². The largest absolute Gasteiger partial charge is 0.462 e. The molecule has 1 fully saturated rings. The summed E-state index contributed by atoms with van der Waals surface area (Å²) in [7, 11) is 0. The number of nitrogens with one attached hydrogen (secondary N) is 1. The summed E-state index contributed by atoms with van der Waals surface area (Å²) in [4.78, 5) is 11.9. The van der Waals surface area contributed by atoms with Gasteiger partial charge in [0.25, 0.3) is 11.8 Å². The molecule has 1 aromatic heterocycles. The molecule has 2 aromatic rings. The Kier molecular flexibility index (Phi) is 3.84. The molecule has 1 aliphatic rings. The first-order chi connectivity index (χ1) is 10.1. The predicted molar refractivity (Wildman–Crippen MR) is 79.8 cm³/mol. The Morgan fingerprint density at radius 1 is 1.43 bits per heavy atom. The monoisotopic (exact) mass is 305 g/mol. The Bertz CT molecular complexity index is 638. The second-order valence-electron chi connectivity index (χ2n) is 5.11. The molecule has 110 valence electrons. The van der Waals surface area contributed by atoms with Gasteiger partial charge in [0.2, 0.25) is 0 Å². The Morgan fingerprint density at radius 3 is 2.81 bits per heavy atom. The fourth-order valence-electron chi connectivity index (χ4n) is 1.90.